The Kier molecular flexibility index (Phi) is 7.07. The predicted octanol–water partition coefficient (Wildman–Crippen LogP) is 1.97. The van der Waals surface area contributed by atoms with Gasteiger partial charge in [-0.05, 0) is 39.7 Å². The van der Waals surface area contributed by atoms with Crippen molar-refractivity contribution in [3.8, 4) is 0 Å². The van der Waals surface area contributed by atoms with Crippen LogP contribution in [0.4, 0.5) is 17.1 Å². The second-order valence-corrected chi connectivity index (χ2v) is 5.51. The number of benzene rings is 1. The summed E-state index contributed by atoms with van der Waals surface area (Å²) in [7, 11) is 4.11. The molecule has 0 aromatic heterocycles. The van der Waals surface area contributed by atoms with Crippen LogP contribution in [0.3, 0.4) is 0 Å². The molecule has 1 aliphatic rings. The van der Waals surface area contributed by atoms with E-state index >= 15 is 0 Å². The van der Waals surface area contributed by atoms with E-state index in [1.54, 1.807) is 12.1 Å². The molecule has 0 bridgehead atoms. The third kappa shape index (κ3) is 5.16. The van der Waals surface area contributed by atoms with E-state index < -0.39 is 4.92 Å². The van der Waals surface area contributed by atoms with Crippen molar-refractivity contribution >= 4 is 17.1 Å². The largest absolute Gasteiger partial charge is 0.393 e. The van der Waals surface area contributed by atoms with Crippen LogP contribution >= 0.6 is 0 Å². The van der Waals surface area contributed by atoms with Crippen LogP contribution in [-0.4, -0.2) is 56.3 Å². The van der Waals surface area contributed by atoms with Crippen LogP contribution in [0.2, 0.25) is 0 Å². The molecule has 0 spiro atoms. The highest BCUT2D eigenvalue weighted by molar-refractivity contribution is 5.67. The van der Waals surface area contributed by atoms with Crippen LogP contribution in [0, 0.1) is 10.1 Å². The highest BCUT2D eigenvalue weighted by atomic mass is 16.6. The Morgan fingerprint density at radius 3 is 2.59 bits per heavy atom. The number of morpholine rings is 1. The molecule has 1 atom stereocenters. The molecule has 0 aliphatic carbocycles. The molecule has 1 aromatic carbocycles. The van der Waals surface area contributed by atoms with Gasteiger partial charge in [0.1, 0.15) is 5.69 Å². The fourth-order valence-electron chi connectivity index (χ4n) is 2.00. The summed E-state index contributed by atoms with van der Waals surface area (Å²) in [6.45, 7) is 7.42. The third-order valence-electron chi connectivity index (χ3n) is 3.54. The summed E-state index contributed by atoms with van der Waals surface area (Å²) in [5.41, 5.74) is 6.73. The monoisotopic (exact) mass is 310 g/mol. The molecule has 1 aliphatic heterocycles. The molecule has 1 fully saturated rings. The van der Waals surface area contributed by atoms with Gasteiger partial charge in [0.25, 0.3) is 5.69 Å². The van der Waals surface area contributed by atoms with Crippen LogP contribution in [0.15, 0.2) is 18.2 Å². The van der Waals surface area contributed by atoms with Crippen molar-refractivity contribution in [2.75, 3.05) is 51.0 Å². The topological polar surface area (TPSA) is 84.9 Å². The number of hydrogen-bond acceptors (Lipinski definition) is 6. The summed E-state index contributed by atoms with van der Waals surface area (Å²) in [6, 6.07) is 5.09. The molecule has 1 saturated heterocycles. The van der Waals surface area contributed by atoms with E-state index in [1.807, 2.05) is 0 Å². The summed E-state index contributed by atoms with van der Waals surface area (Å²) < 4.78 is 5.34. The Balaban J connectivity index is 0.000000422. The lowest BCUT2D eigenvalue weighted by Gasteiger charge is -2.35. The molecule has 1 aromatic rings. The van der Waals surface area contributed by atoms with Gasteiger partial charge in [0, 0.05) is 24.3 Å². The maximum absolute atomic E-state index is 10.7. The minimum Gasteiger partial charge on any atom is -0.393 e. The van der Waals surface area contributed by atoms with Crippen LogP contribution < -0.4 is 10.6 Å². The number of nitro benzene ring substituents is 1. The first-order chi connectivity index (χ1) is 10.4. The first kappa shape index (κ1) is 18.2. The normalized spacial score (nSPS) is 17.9. The third-order valence-corrected chi connectivity index (χ3v) is 3.54. The number of ether oxygens (including phenoxy) is 1. The fraction of sp³-hybridized carbons (Fsp3) is 0.600. The first-order valence-corrected chi connectivity index (χ1v) is 7.39. The van der Waals surface area contributed by atoms with Gasteiger partial charge in [-0.25, -0.2) is 0 Å². The fourth-order valence-corrected chi connectivity index (χ4v) is 2.00. The SMILES string of the molecule is CC1COCCN1c1ccc([N+](=O)[O-])c(N)c1.CCN(C)C. The van der Waals surface area contributed by atoms with E-state index in [2.05, 4.69) is 37.7 Å². The number of nitro groups is 1. The van der Waals surface area contributed by atoms with E-state index in [4.69, 9.17) is 10.5 Å². The lowest BCUT2D eigenvalue weighted by atomic mass is 10.2. The van der Waals surface area contributed by atoms with Crippen molar-refractivity contribution in [3.05, 3.63) is 28.3 Å². The number of rotatable bonds is 3. The van der Waals surface area contributed by atoms with Gasteiger partial charge in [0.05, 0.1) is 18.1 Å². The first-order valence-electron chi connectivity index (χ1n) is 7.39. The highest BCUT2D eigenvalue weighted by Crippen LogP contribution is 2.28. The Bertz CT molecular complexity index is 494. The Morgan fingerprint density at radius 2 is 2.14 bits per heavy atom. The zero-order valence-electron chi connectivity index (χ0n) is 13.8. The van der Waals surface area contributed by atoms with E-state index in [0.717, 1.165) is 18.8 Å². The maximum Gasteiger partial charge on any atom is 0.292 e. The molecule has 7 nitrogen and oxygen atoms in total. The number of nitrogens with two attached hydrogens (primary N) is 1. The second kappa shape index (κ2) is 8.55. The molecule has 2 rings (SSSR count). The van der Waals surface area contributed by atoms with Crippen LogP contribution in [0.5, 0.6) is 0 Å². The molecule has 0 saturated carbocycles. The van der Waals surface area contributed by atoms with E-state index in [1.165, 1.54) is 6.07 Å². The van der Waals surface area contributed by atoms with Crippen LogP contribution in [0.25, 0.3) is 0 Å². The average Bonchev–Trinajstić information content (AvgIpc) is 2.47. The Hall–Kier alpha value is -1.86. The quantitative estimate of drug-likeness (QED) is 0.522. The van der Waals surface area contributed by atoms with Gasteiger partial charge < -0.3 is 20.3 Å². The van der Waals surface area contributed by atoms with Gasteiger partial charge in [-0.1, -0.05) is 6.92 Å². The van der Waals surface area contributed by atoms with Crippen molar-refractivity contribution in [3.63, 3.8) is 0 Å². The summed E-state index contributed by atoms with van der Waals surface area (Å²) in [6.07, 6.45) is 0. The highest BCUT2D eigenvalue weighted by Gasteiger charge is 2.21. The molecule has 124 valence electrons. The van der Waals surface area contributed by atoms with Crippen molar-refractivity contribution < 1.29 is 9.66 Å². The lowest BCUT2D eigenvalue weighted by Crippen LogP contribution is -2.43. The number of nitrogen functional groups attached to an aromatic ring is 1. The standard InChI is InChI=1S/C11H15N3O3.C4H11N/c1-8-7-17-5-4-13(8)9-2-3-11(14(15)16)10(12)6-9;1-4-5(2)3/h2-3,6,8H,4-5,7,12H2,1H3;4H2,1-3H3. The van der Waals surface area contributed by atoms with Gasteiger partial charge in [-0.3, -0.25) is 10.1 Å². The van der Waals surface area contributed by atoms with E-state index in [-0.39, 0.29) is 17.4 Å². The molecular formula is C15H26N4O3. The molecule has 2 N–H and O–H groups in total. The summed E-state index contributed by atoms with van der Waals surface area (Å²) in [5, 5.41) is 10.7. The van der Waals surface area contributed by atoms with Crippen molar-refractivity contribution in [2.24, 2.45) is 0 Å². The maximum atomic E-state index is 10.7. The van der Waals surface area contributed by atoms with Gasteiger partial charge in [0.2, 0.25) is 0 Å². The van der Waals surface area contributed by atoms with Crippen molar-refractivity contribution in [2.45, 2.75) is 19.9 Å². The minimum atomic E-state index is -0.470. The zero-order valence-corrected chi connectivity index (χ0v) is 13.8. The molecule has 0 radical (unpaired) electrons. The summed E-state index contributed by atoms with van der Waals surface area (Å²) in [4.78, 5) is 14.5. The van der Waals surface area contributed by atoms with Gasteiger partial charge in [0.15, 0.2) is 0 Å². The molecule has 22 heavy (non-hydrogen) atoms. The Labute approximate surface area is 131 Å². The zero-order chi connectivity index (χ0) is 16.7. The van der Waals surface area contributed by atoms with Gasteiger partial charge in [-0.15, -0.1) is 0 Å². The predicted molar refractivity (Wildman–Crippen MR) is 89.4 cm³/mol. The molecule has 7 heteroatoms. The molecule has 0 amide bonds. The number of anilines is 2. The van der Waals surface area contributed by atoms with Crippen molar-refractivity contribution in [1.29, 1.82) is 0 Å². The summed E-state index contributed by atoms with van der Waals surface area (Å²) in [5.74, 6) is 0. The van der Waals surface area contributed by atoms with E-state index in [9.17, 15) is 10.1 Å². The number of nitrogens with zero attached hydrogens (tertiary/aromatic N) is 3. The summed E-state index contributed by atoms with van der Waals surface area (Å²) >= 11 is 0. The molecule has 1 heterocycles. The van der Waals surface area contributed by atoms with Crippen molar-refractivity contribution in [1.82, 2.24) is 4.90 Å². The molecular weight excluding hydrogens is 284 g/mol. The molecule has 1 unspecified atom stereocenters. The van der Waals surface area contributed by atoms with Crippen LogP contribution in [-0.2, 0) is 4.74 Å². The smallest absolute Gasteiger partial charge is 0.292 e. The number of hydrogen-bond donors (Lipinski definition) is 1. The lowest BCUT2D eigenvalue weighted by molar-refractivity contribution is -0.383. The average molecular weight is 310 g/mol. The Morgan fingerprint density at radius 1 is 1.50 bits per heavy atom. The minimum absolute atomic E-state index is 0.0466. The van der Waals surface area contributed by atoms with Gasteiger partial charge in [-0.2, -0.15) is 0 Å². The van der Waals surface area contributed by atoms with Gasteiger partial charge >= 0.3 is 0 Å². The second-order valence-electron chi connectivity index (χ2n) is 5.51. The van der Waals surface area contributed by atoms with Crippen LogP contribution in [0.1, 0.15) is 13.8 Å². The van der Waals surface area contributed by atoms with E-state index in [0.29, 0.717) is 13.2 Å².